The predicted octanol–water partition coefficient (Wildman–Crippen LogP) is 7.65. The number of halogens is 9. The Hall–Kier alpha value is -3.26. The van der Waals surface area contributed by atoms with E-state index >= 15 is 0 Å². The molecular weight excluding hydrogens is 658 g/mol. The number of nitrogens with one attached hydrogen (secondary N) is 3. The number of carbonyl (C=O) groups excluding carboxylic acids is 3. The molecule has 2 aromatic rings. The molecule has 0 unspecified atom stereocenters. The summed E-state index contributed by atoms with van der Waals surface area (Å²) in [5.74, 6) is -3.96. The maximum absolute atomic E-state index is 13.2. The molecule has 1 fully saturated rings. The summed E-state index contributed by atoms with van der Waals surface area (Å²) in [4.78, 5) is 38.5. The lowest BCUT2D eigenvalue weighted by Crippen LogP contribution is -2.46. The second-order valence-corrected chi connectivity index (χ2v) is 11.8. The average Bonchev–Trinajstić information content (AvgIpc) is 2.95. The molecule has 0 aliphatic heterocycles. The van der Waals surface area contributed by atoms with Crippen molar-refractivity contribution >= 4 is 46.6 Å². The summed E-state index contributed by atoms with van der Waals surface area (Å²) in [6, 6.07) is 5.71. The largest absolute Gasteiger partial charge is 0.487 e. The van der Waals surface area contributed by atoms with E-state index in [2.05, 4.69) is 16.0 Å². The molecule has 0 spiro atoms. The van der Waals surface area contributed by atoms with Crippen molar-refractivity contribution in [3.8, 4) is 5.75 Å². The molecule has 2 aromatic carbocycles. The standard InChI is InChI=1S/C29H30Cl2F7N3O4/c1-28(2,29(36,37)38)27(44)39-12-15-5-9-19(30)22(23(15)31)26(43)41-17-8-10-20(45-13-21(32)33)18(11-17)25(42)40-16-6-3-14(4-7-16)24(34)35/h5,8-11,14,16,21,24H,3-4,6-7,12-13H2,1-2H3,(H,39,44)(H,40,42)(H,41,43). The SMILES string of the molecule is CC(C)(C(=O)NCc1ccc(Cl)c(C(=O)Nc2ccc(OCC(F)F)c(C(=O)NC3CCC(C(F)F)CC3)c2)c1Cl)C(F)(F)F. The highest BCUT2D eigenvalue weighted by Crippen LogP contribution is 2.38. The first-order valence-electron chi connectivity index (χ1n) is 13.7. The fraction of sp³-hybridized carbons (Fsp3) is 0.483. The second-order valence-electron chi connectivity index (χ2n) is 11.0. The molecule has 1 aliphatic rings. The summed E-state index contributed by atoms with van der Waals surface area (Å²) in [7, 11) is 0. The number of rotatable bonds is 11. The molecule has 0 radical (unpaired) electrons. The first kappa shape index (κ1) is 36.2. The van der Waals surface area contributed by atoms with Crippen molar-refractivity contribution in [3.05, 3.63) is 57.1 Å². The maximum Gasteiger partial charge on any atom is 0.402 e. The fourth-order valence-corrected chi connectivity index (χ4v) is 5.11. The summed E-state index contributed by atoms with van der Waals surface area (Å²) in [6.45, 7) is -0.0731. The van der Waals surface area contributed by atoms with Crippen LogP contribution in [0.3, 0.4) is 0 Å². The molecule has 45 heavy (non-hydrogen) atoms. The number of carbonyl (C=O) groups is 3. The number of ether oxygens (including phenoxy) is 1. The van der Waals surface area contributed by atoms with Crippen LogP contribution < -0.4 is 20.7 Å². The molecule has 3 rings (SSSR count). The van der Waals surface area contributed by atoms with Crippen molar-refractivity contribution in [3.63, 3.8) is 0 Å². The third-order valence-corrected chi connectivity index (χ3v) is 8.17. The van der Waals surface area contributed by atoms with Gasteiger partial charge in [0.1, 0.15) is 17.8 Å². The molecule has 16 heteroatoms. The predicted molar refractivity (Wildman–Crippen MR) is 153 cm³/mol. The Kier molecular flexibility index (Phi) is 12.0. The van der Waals surface area contributed by atoms with Crippen LogP contribution in [-0.4, -0.2) is 49.4 Å². The Balaban J connectivity index is 1.80. The minimum absolute atomic E-state index is 0.00581. The van der Waals surface area contributed by atoms with Gasteiger partial charge in [0.15, 0.2) is 0 Å². The van der Waals surface area contributed by atoms with Gasteiger partial charge in [-0.2, -0.15) is 13.2 Å². The third-order valence-electron chi connectivity index (χ3n) is 7.42. The summed E-state index contributed by atoms with van der Waals surface area (Å²) in [5.41, 5.74) is -3.14. The van der Waals surface area contributed by atoms with Crippen LogP contribution in [0.15, 0.2) is 30.3 Å². The molecule has 3 N–H and O–H groups in total. The fourth-order valence-electron chi connectivity index (χ4n) is 4.50. The van der Waals surface area contributed by atoms with Gasteiger partial charge in [0.25, 0.3) is 18.2 Å². The van der Waals surface area contributed by atoms with Crippen LogP contribution in [0.4, 0.5) is 36.4 Å². The van der Waals surface area contributed by atoms with E-state index in [4.69, 9.17) is 27.9 Å². The Bertz CT molecular complexity index is 1400. The molecular formula is C29H30Cl2F7N3O4. The van der Waals surface area contributed by atoms with Crippen LogP contribution in [0.25, 0.3) is 0 Å². The van der Waals surface area contributed by atoms with Crippen LogP contribution in [0, 0.1) is 11.3 Å². The van der Waals surface area contributed by atoms with Gasteiger partial charge in [-0.1, -0.05) is 29.3 Å². The van der Waals surface area contributed by atoms with Crippen molar-refractivity contribution in [2.45, 2.75) is 71.1 Å². The van der Waals surface area contributed by atoms with Gasteiger partial charge in [0.05, 0.1) is 21.2 Å². The highest BCUT2D eigenvalue weighted by atomic mass is 35.5. The normalized spacial score (nSPS) is 17.3. The Morgan fingerprint density at radius 3 is 2.18 bits per heavy atom. The molecule has 1 aliphatic carbocycles. The number of alkyl halides is 7. The quantitative estimate of drug-likeness (QED) is 0.212. The van der Waals surface area contributed by atoms with E-state index < -0.39 is 67.3 Å². The molecule has 0 aromatic heterocycles. The van der Waals surface area contributed by atoms with E-state index in [1.807, 2.05) is 0 Å². The highest BCUT2D eigenvalue weighted by Gasteiger charge is 2.52. The monoisotopic (exact) mass is 687 g/mol. The summed E-state index contributed by atoms with van der Waals surface area (Å²) in [6.07, 6.45) is -9.20. The number of amides is 3. The molecule has 0 bridgehead atoms. The highest BCUT2D eigenvalue weighted by molar-refractivity contribution is 6.40. The van der Waals surface area contributed by atoms with E-state index in [0.29, 0.717) is 13.8 Å². The second kappa shape index (κ2) is 14.9. The molecule has 0 saturated heterocycles. The molecule has 7 nitrogen and oxygen atoms in total. The minimum atomic E-state index is -4.82. The van der Waals surface area contributed by atoms with Crippen LogP contribution in [0.1, 0.15) is 65.8 Å². The van der Waals surface area contributed by atoms with Gasteiger partial charge < -0.3 is 20.7 Å². The van der Waals surface area contributed by atoms with Crippen LogP contribution in [0.2, 0.25) is 10.0 Å². The van der Waals surface area contributed by atoms with Crippen molar-refractivity contribution < 1.29 is 49.9 Å². The number of hydrogen-bond donors (Lipinski definition) is 3. The van der Waals surface area contributed by atoms with E-state index in [1.165, 1.54) is 24.3 Å². The van der Waals surface area contributed by atoms with Gasteiger partial charge in [0.2, 0.25) is 12.3 Å². The summed E-state index contributed by atoms with van der Waals surface area (Å²) in [5, 5.41) is 6.90. The zero-order chi connectivity index (χ0) is 33.7. The van der Waals surface area contributed by atoms with Crippen LogP contribution in [0.5, 0.6) is 5.75 Å². The lowest BCUT2D eigenvalue weighted by molar-refractivity contribution is -0.211. The van der Waals surface area contributed by atoms with E-state index in [9.17, 15) is 45.1 Å². The zero-order valence-electron chi connectivity index (χ0n) is 24.0. The third kappa shape index (κ3) is 9.15. The molecule has 1 saturated carbocycles. The molecule has 0 heterocycles. The van der Waals surface area contributed by atoms with Gasteiger partial charge in [-0.3, -0.25) is 14.4 Å². The maximum atomic E-state index is 13.2. The molecule has 248 valence electrons. The summed E-state index contributed by atoms with van der Waals surface area (Å²) < 4.78 is 96.4. The van der Waals surface area contributed by atoms with Gasteiger partial charge in [-0.25, -0.2) is 17.6 Å². The number of anilines is 1. The van der Waals surface area contributed by atoms with Crippen LogP contribution >= 0.6 is 23.2 Å². The van der Waals surface area contributed by atoms with Crippen molar-refractivity contribution in [2.75, 3.05) is 11.9 Å². The lowest BCUT2D eigenvalue weighted by atomic mass is 9.86. The first-order chi connectivity index (χ1) is 20.9. The molecule has 3 amide bonds. The molecule has 0 atom stereocenters. The van der Waals surface area contributed by atoms with E-state index in [1.54, 1.807) is 0 Å². The van der Waals surface area contributed by atoms with Crippen LogP contribution in [-0.2, 0) is 11.3 Å². The van der Waals surface area contributed by atoms with Crippen molar-refractivity contribution in [1.82, 2.24) is 10.6 Å². The smallest absolute Gasteiger partial charge is 0.402 e. The summed E-state index contributed by atoms with van der Waals surface area (Å²) >= 11 is 12.5. The zero-order valence-corrected chi connectivity index (χ0v) is 25.5. The topological polar surface area (TPSA) is 96.5 Å². The lowest BCUT2D eigenvalue weighted by Gasteiger charge is -2.28. The first-order valence-corrected chi connectivity index (χ1v) is 14.4. The van der Waals surface area contributed by atoms with Crippen molar-refractivity contribution in [1.29, 1.82) is 0 Å². The van der Waals surface area contributed by atoms with E-state index in [0.717, 1.165) is 6.07 Å². The average molecular weight is 688 g/mol. The number of benzene rings is 2. The van der Waals surface area contributed by atoms with Crippen molar-refractivity contribution in [2.24, 2.45) is 11.3 Å². The Labute approximate surface area is 264 Å². The van der Waals surface area contributed by atoms with E-state index in [-0.39, 0.29) is 63.9 Å². The van der Waals surface area contributed by atoms with Gasteiger partial charge in [-0.05, 0) is 69.4 Å². The minimum Gasteiger partial charge on any atom is -0.487 e. The van der Waals surface area contributed by atoms with Gasteiger partial charge >= 0.3 is 6.18 Å². The van der Waals surface area contributed by atoms with Gasteiger partial charge in [0, 0.05) is 24.2 Å². The van der Waals surface area contributed by atoms with Gasteiger partial charge in [-0.15, -0.1) is 0 Å². The Morgan fingerprint density at radius 1 is 0.956 bits per heavy atom. The number of hydrogen-bond acceptors (Lipinski definition) is 4. The Morgan fingerprint density at radius 2 is 1.60 bits per heavy atom.